The number of hydrogen-bond donors (Lipinski definition) is 1. The van der Waals surface area contributed by atoms with E-state index in [0.29, 0.717) is 21.7 Å². The van der Waals surface area contributed by atoms with Crippen LogP contribution in [-0.4, -0.2) is 18.2 Å². The maximum atomic E-state index is 11.5. The second kappa shape index (κ2) is 7.51. The summed E-state index contributed by atoms with van der Waals surface area (Å²) in [5.41, 5.74) is 1.43. The second-order valence-electron chi connectivity index (χ2n) is 4.49. The molecule has 6 heteroatoms. The van der Waals surface area contributed by atoms with Crippen molar-refractivity contribution in [2.24, 2.45) is 0 Å². The molecular weight excluding hydrogens is 372 g/mol. The summed E-state index contributed by atoms with van der Waals surface area (Å²) in [5, 5.41) is 10.3. The van der Waals surface area contributed by atoms with E-state index in [1.165, 1.54) is 7.11 Å². The Morgan fingerprint density at radius 1 is 1.32 bits per heavy atom. The number of halogens is 2. The molecule has 2 aromatic rings. The molecular formula is C16H14BrClO4. The average molecular weight is 386 g/mol. The third kappa shape index (κ3) is 3.72. The quantitative estimate of drug-likeness (QED) is 0.747. The predicted molar refractivity (Wildman–Crippen MR) is 88.1 cm³/mol. The molecule has 116 valence electrons. The zero-order valence-electron chi connectivity index (χ0n) is 11.8. The molecule has 2 aromatic carbocycles. The molecule has 0 heterocycles. The molecule has 0 fully saturated rings. The Bertz CT molecular complexity index is 661. The van der Waals surface area contributed by atoms with Crippen LogP contribution in [0, 0.1) is 0 Å². The van der Waals surface area contributed by atoms with Crippen LogP contribution < -0.4 is 9.47 Å². The van der Waals surface area contributed by atoms with E-state index in [0.717, 1.165) is 5.56 Å². The Morgan fingerprint density at radius 2 is 2.00 bits per heavy atom. The summed E-state index contributed by atoms with van der Waals surface area (Å²) in [6.07, 6.45) is -1.16. The van der Waals surface area contributed by atoms with Gasteiger partial charge in [0.05, 0.1) is 12.1 Å². The summed E-state index contributed by atoms with van der Waals surface area (Å²) in [4.78, 5) is 11.5. The normalized spacial score (nSPS) is 11.8. The molecule has 1 unspecified atom stereocenters. The molecule has 0 radical (unpaired) electrons. The van der Waals surface area contributed by atoms with E-state index < -0.39 is 12.1 Å². The highest BCUT2D eigenvalue weighted by atomic mass is 79.9. The van der Waals surface area contributed by atoms with Crippen molar-refractivity contribution in [3.63, 3.8) is 0 Å². The summed E-state index contributed by atoms with van der Waals surface area (Å²) in [6.45, 7) is 0. The van der Waals surface area contributed by atoms with Crippen LogP contribution in [0.25, 0.3) is 0 Å². The SMILES string of the molecule is COc1cc(CBr)cc(Cl)c1OC(C(=O)O)c1ccccc1. The third-order valence-corrected chi connectivity index (χ3v) is 3.93. The topological polar surface area (TPSA) is 55.8 Å². The van der Waals surface area contributed by atoms with Crippen molar-refractivity contribution in [3.8, 4) is 11.5 Å². The van der Waals surface area contributed by atoms with Crippen LogP contribution in [0.2, 0.25) is 5.02 Å². The van der Waals surface area contributed by atoms with Crippen molar-refractivity contribution in [2.45, 2.75) is 11.4 Å². The molecule has 22 heavy (non-hydrogen) atoms. The predicted octanol–water partition coefficient (Wildman–Crippen LogP) is 4.45. The lowest BCUT2D eigenvalue weighted by atomic mass is 10.1. The lowest BCUT2D eigenvalue weighted by molar-refractivity contribution is -0.145. The second-order valence-corrected chi connectivity index (χ2v) is 5.46. The Balaban J connectivity index is 2.41. The number of alkyl halides is 1. The maximum Gasteiger partial charge on any atom is 0.349 e. The number of benzene rings is 2. The van der Waals surface area contributed by atoms with Gasteiger partial charge in [-0.3, -0.25) is 0 Å². The van der Waals surface area contributed by atoms with Gasteiger partial charge in [0.2, 0.25) is 6.10 Å². The molecule has 0 saturated heterocycles. The smallest absolute Gasteiger partial charge is 0.349 e. The Morgan fingerprint density at radius 3 is 2.55 bits per heavy atom. The highest BCUT2D eigenvalue weighted by molar-refractivity contribution is 9.08. The average Bonchev–Trinajstić information content (AvgIpc) is 2.53. The van der Waals surface area contributed by atoms with Gasteiger partial charge < -0.3 is 14.6 Å². The first-order valence-corrected chi connectivity index (χ1v) is 7.93. The molecule has 0 aromatic heterocycles. The van der Waals surface area contributed by atoms with Crippen molar-refractivity contribution < 1.29 is 19.4 Å². The number of aliphatic carboxylic acids is 1. The molecule has 0 aliphatic rings. The van der Waals surface area contributed by atoms with Crippen molar-refractivity contribution in [2.75, 3.05) is 7.11 Å². The van der Waals surface area contributed by atoms with Gasteiger partial charge in [-0.05, 0) is 17.7 Å². The van der Waals surface area contributed by atoms with Gasteiger partial charge in [0.1, 0.15) is 0 Å². The number of ether oxygens (including phenoxy) is 2. The fourth-order valence-electron chi connectivity index (χ4n) is 1.97. The number of carbonyl (C=O) groups is 1. The molecule has 0 amide bonds. The summed E-state index contributed by atoms with van der Waals surface area (Å²) < 4.78 is 10.9. The first-order chi connectivity index (χ1) is 10.6. The van der Waals surface area contributed by atoms with E-state index in [4.69, 9.17) is 21.1 Å². The minimum atomic E-state index is -1.16. The van der Waals surface area contributed by atoms with Crippen LogP contribution in [0.5, 0.6) is 11.5 Å². The number of methoxy groups -OCH3 is 1. The summed E-state index contributed by atoms with van der Waals surface area (Å²) in [6, 6.07) is 12.1. The van der Waals surface area contributed by atoms with Gasteiger partial charge in [-0.2, -0.15) is 0 Å². The van der Waals surface area contributed by atoms with Crippen LogP contribution in [-0.2, 0) is 10.1 Å². The van der Waals surface area contributed by atoms with Gasteiger partial charge in [-0.25, -0.2) is 4.79 Å². The van der Waals surface area contributed by atoms with E-state index in [1.54, 1.807) is 42.5 Å². The van der Waals surface area contributed by atoms with E-state index in [9.17, 15) is 9.90 Å². The highest BCUT2D eigenvalue weighted by Crippen LogP contribution is 2.39. The lowest BCUT2D eigenvalue weighted by Crippen LogP contribution is -2.18. The molecule has 0 saturated carbocycles. The monoisotopic (exact) mass is 384 g/mol. The van der Waals surface area contributed by atoms with E-state index >= 15 is 0 Å². The van der Waals surface area contributed by atoms with Gasteiger partial charge in [0.15, 0.2) is 11.5 Å². The van der Waals surface area contributed by atoms with E-state index in [-0.39, 0.29) is 5.75 Å². The Labute approximate surface area is 141 Å². The minimum absolute atomic E-state index is 0.213. The summed E-state index contributed by atoms with van der Waals surface area (Å²) in [7, 11) is 1.48. The van der Waals surface area contributed by atoms with Crippen LogP contribution in [0.4, 0.5) is 0 Å². The van der Waals surface area contributed by atoms with Crippen molar-refractivity contribution >= 4 is 33.5 Å². The molecule has 1 atom stereocenters. The lowest BCUT2D eigenvalue weighted by Gasteiger charge is -2.19. The van der Waals surface area contributed by atoms with Crippen LogP contribution >= 0.6 is 27.5 Å². The van der Waals surface area contributed by atoms with Crippen molar-refractivity contribution in [3.05, 3.63) is 58.6 Å². The van der Waals surface area contributed by atoms with Crippen molar-refractivity contribution in [1.29, 1.82) is 0 Å². The molecule has 2 rings (SSSR count). The van der Waals surface area contributed by atoms with Gasteiger partial charge in [-0.15, -0.1) is 0 Å². The zero-order chi connectivity index (χ0) is 16.1. The van der Waals surface area contributed by atoms with Gasteiger partial charge in [0, 0.05) is 10.9 Å². The van der Waals surface area contributed by atoms with Crippen LogP contribution in [0.15, 0.2) is 42.5 Å². The third-order valence-electron chi connectivity index (χ3n) is 3.01. The number of carboxylic acids is 1. The molecule has 0 spiro atoms. The van der Waals surface area contributed by atoms with Crippen LogP contribution in [0.1, 0.15) is 17.2 Å². The van der Waals surface area contributed by atoms with Gasteiger partial charge in [0.25, 0.3) is 0 Å². The summed E-state index contributed by atoms with van der Waals surface area (Å²) >= 11 is 9.55. The van der Waals surface area contributed by atoms with Gasteiger partial charge in [-0.1, -0.05) is 57.9 Å². The standard InChI is InChI=1S/C16H14BrClO4/c1-21-13-8-10(9-17)7-12(18)15(13)22-14(16(19)20)11-5-3-2-4-6-11/h2-8,14H,9H2,1H3,(H,19,20). The molecule has 0 bridgehead atoms. The van der Waals surface area contributed by atoms with Crippen LogP contribution in [0.3, 0.4) is 0 Å². The molecule has 4 nitrogen and oxygen atoms in total. The molecule has 1 N–H and O–H groups in total. The number of carboxylic acid groups (broad SMARTS) is 1. The number of hydrogen-bond acceptors (Lipinski definition) is 3. The van der Waals surface area contributed by atoms with Crippen molar-refractivity contribution in [1.82, 2.24) is 0 Å². The molecule has 0 aliphatic heterocycles. The first-order valence-electron chi connectivity index (χ1n) is 6.43. The summed E-state index contributed by atoms with van der Waals surface area (Å²) in [5.74, 6) is -0.497. The minimum Gasteiger partial charge on any atom is -0.493 e. The number of rotatable bonds is 6. The fraction of sp³-hybridized carbons (Fsp3) is 0.188. The first kappa shape index (κ1) is 16.6. The van der Waals surface area contributed by atoms with E-state index in [2.05, 4.69) is 15.9 Å². The largest absolute Gasteiger partial charge is 0.493 e. The van der Waals surface area contributed by atoms with Gasteiger partial charge >= 0.3 is 5.97 Å². The molecule has 0 aliphatic carbocycles. The Kier molecular flexibility index (Phi) is 5.69. The van der Waals surface area contributed by atoms with E-state index in [1.807, 2.05) is 0 Å². The fourth-order valence-corrected chi connectivity index (χ4v) is 2.57. The Hall–Kier alpha value is -1.72. The zero-order valence-corrected chi connectivity index (χ0v) is 14.1. The highest BCUT2D eigenvalue weighted by Gasteiger charge is 2.25. The maximum absolute atomic E-state index is 11.5.